The number of fused-ring (bicyclic) bond motifs is 1. The fourth-order valence-corrected chi connectivity index (χ4v) is 2.70. The Morgan fingerprint density at radius 2 is 2.17 bits per heavy atom. The van der Waals surface area contributed by atoms with E-state index < -0.39 is 0 Å². The van der Waals surface area contributed by atoms with Crippen molar-refractivity contribution in [1.29, 1.82) is 0 Å². The molecule has 0 spiro atoms. The number of likely N-dealkylation sites (tertiary alicyclic amines) is 1. The molecule has 1 amide bonds. The first-order valence-electron chi connectivity index (χ1n) is 7.05. The van der Waals surface area contributed by atoms with Gasteiger partial charge < -0.3 is 20.5 Å². The number of carbonyl (C=O) groups excluding carboxylic acids is 1. The van der Waals surface area contributed by atoms with Gasteiger partial charge >= 0.3 is 0 Å². The van der Waals surface area contributed by atoms with Gasteiger partial charge in [-0.15, -0.1) is 24.8 Å². The van der Waals surface area contributed by atoms with Gasteiger partial charge in [-0.2, -0.15) is 0 Å². The number of nitrogens with two attached hydrogens (primary N) is 1. The SMILES string of the molecule is CNC1CCCN(C(=O)Cn2cnc3c(N)ncnc32)C1.Cl.Cl. The van der Waals surface area contributed by atoms with Crippen molar-refractivity contribution in [2.24, 2.45) is 0 Å². The number of nitrogens with zero attached hydrogens (tertiary/aromatic N) is 5. The van der Waals surface area contributed by atoms with Crippen LogP contribution in [-0.4, -0.2) is 56.5 Å². The van der Waals surface area contributed by atoms with Gasteiger partial charge in [0.05, 0.1) is 6.33 Å². The van der Waals surface area contributed by atoms with Crippen LogP contribution in [-0.2, 0) is 11.3 Å². The van der Waals surface area contributed by atoms with E-state index in [9.17, 15) is 4.79 Å². The molecule has 1 saturated heterocycles. The predicted octanol–water partition coefficient (Wildman–Crippen LogP) is 0.462. The molecule has 1 aliphatic heterocycles. The van der Waals surface area contributed by atoms with Gasteiger partial charge in [-0.3, -0.25) is 4.79 Å². The molecule has 23 heavy (non-hydrogen) atoms. The summed E-state index contributed by atoms with van der Waals surface area (Å²) in [6.45, 7) is 1.78. The molecule has 128 valence electrons. The second-order valence-corrected chi connectivity index (χ2v) is 5.27. The number of piperidine rings is 1. The predicted molar refractivity (Wildman–Crippen MR) is 92.9 cm³/mol. The van der Waals surface area contributed by atoms with Gasteiger partial charge in [-0.25, -0.2) is 15.0 Å². The summed E-state index contributed by atoms with van der Waals surface area (Å²) in [6, 6.07) is 0.375. The number of hydrogen-bond donors (Lipinski definition) is 2. The van der Waals surface area contributed by atoms with Crippen LogP contribution in [0.1, 0.15) is 12.8 Å². The number of nitrogens with one attached hydrogen (secondary N) is 1. The average molecular weight is 362 g/mol. The van der Waals surface area contributed by atoms with Gasteiger partial charge in [0.15, 0.2) is 11.5 Å². The number of rotatable bonds is 3. The van der Waals surface area contributed by atoms with Crippen LogP contribution >= 0.6 is 24.8 Å². The first-order valence-corrected chi connectivity index (χ1v) is 7.05. The lowest BCUT2D eigenvalue weighted by Crippen LogP contribution is -2.47. The Labute approximate surface area is 146 Å². The molecule has 0 bridgehead atoms. The minimum Gasteiger partial charge on any atom is -0.382 e. The standard InChI is InChI=1S/C13H19N7O.2ClH/c1-15-9-3-2-4-19(5-9)10(21)6-20-8-18-11-12(14)16-7-17-13(11)20;;/h7-9,15H,2-6H2,1H3,(H2,14,16,17);2*1H. The highest BCUT2D eigenvalue weighted by Crippen LogP contribution is 2.15. The Kier molecular flexibility index (Phi) is 6.99. The van der Waals surface area contributed by atoms with Crippen molar-refractivity contribution >= 4 is 47.7 Å². The van der Waals surface area contributed by atoms with Crippen molar-refractivity contribution in [3.05, 3.63) is 12.7 Å². The monoisotopic (exact) mass is 361 g/mol. The van der Waals surface area contributed by atoms with Gasteiger partial charge in [0.1, 0.15) is 18.4 Å². The molecule has 2 aromatic heterocycles. The second kappa shape index (κ2) is 8.28. The van der Waals surface area contributed by atoms with E-state index in [2.05, 4.69) is 20.3 Å². The highest BCUT2D eigenvalue weighted by atomic mass is 35.5. The molecule has 0 saturated carbocycles. The fraction of sp³-hybridized carbons (Fsp3) is 0.538. The number of likely N-dealkylation sites (N-methyl/N-ethyl adjacent to an activating group) is 1. The van der Waals surface area contributed by atoms with Crippen LogP contribution in [0, 0.1) is 0 Å². The summed E-state index contributed by atoms with van der Waals surface area (Å²) in [5.74, 6) is 0.408. The quantitative estimate of drug-likeness (QED) is 0.823. The summed E-state index contributed by atoms with van der Waals surface area (Å²) in [5, 5.41) is 3.23. The number of hydrogen-bond acceptors (Lipinski definition) is 6. The highest BCUT2D eigenvalue weighted by molar-refractivity contribution is 5.85. The highest BCUT2D eigenvalue weighted by Gasteiger charge is 2.23. The number of halogens is 2. The lowest BCUT2D eigenvalue weighted by atomic mass is 10.1. The summed E-state index contributed by atoms with van der Waals surface area (Å²) < 4.78 is 1.72. The maximum absolute atomic E-state index is 12.4. The van der Waals surface area contributed by atoms with Crippen molar-refractivity contribution < 1.29 is 4.79 Å². The summed E-state index contributed by atoms with van der Waals surface area (Å²) in [7, 11) is 1.93. The van der Waals surface area contributed by atoms with E-state index in [1.54, 1.807) is 10.9 Å². The van der Waals surface area contributed by atoms with Crippen LogP contribution in [0.15, 0.2) is 12.7 Å². The van der Waals surface area contributed by atoms with Crippen molar-refractivity contribution in [1.82, 2.24) is 29.7 Å². The first kappa shape index (κ1) is 19.4. The van der Waals surface area contributed by atoms with E-state index in [1.807, 2.05) is 11.9 Å². The van der Waals surface area contributed by atoms with Crippen LogP contribution in [0.4, 0.5) is 5.82 Å². The molecule has 3 heterocycles. The van der Waals surface area contributed by atoms with E-state index in [1.165, 1.54) is 6.33 Å². The summed E-state index contributed by atoms with van der Waals surface area (Å²) in [5.41, 5.74) is 6.88. The molecular weight excluding hydrogens is 341 g/mol. The number of aromatic nitrogens is 4. The Morgan fingerprint density at radius 3 is 2.91 bits per heavy atom. The lowest BCUT2D eigenvalue weighted by Gasteiger charge is -2.32. The summed E-state index contributed by atoms with van der Waals surface area (Å²) in [4.78, 5) is 26.6. The molecule has 8 nitrogen and oxygen atoms in total. The Hall–Kier alpha value is -1.64. The largest absolute Gasteiger partial charge is 0.382 e. The number of imidazole rings is 1. The molecule has 1 fully saturated rings. The van der Waals surface area contributed by atoms with Crippen LogP contribution in [0.3, 0.4) is 0 Å². The van der Waals surface area contributed by atoms with Crippen molar-refractivity contribution in [2.45, 2.75) is 25.4 Å². The normalized spacial score (nSPS) is 17.4. The van der Waals surface area contributed by atoms with Crippen LogP contribution < -0.4 is 11.1 Å². The first-order chi connectivity index (χ1) is 10.2. The number of nitrogen functional groups attached to an aromatic ring is 1. The molecule has 0 aromatic carbocycles. The van der Waals surface area contributed by atoms with Crippen molar-refractivity contribution in [2.75, 3.05) is 25.9 Å². The third kappa shape index (κ3) is 4.01. The Balaban J connectivity index is 0.00000132. The van der Waals surface area contributed by atoms with Gasteiger partial charge in [-0.1, -0.05) is 0 Å². The minimum absolute atomic E-state index is 0. The average Bonchev–Trinajstić information content (AvgIpc) is 2.92. The van der Waals surface area contributed by atoms with E-state index in [0.29, 0.717) is 23.0 Å². The molecule has 2 aromatic rings. The molecule has 1 aliphatic rings. The maximum atomic E-state index is 12.4. The van der Waals surface area contributed by atoms with Crippen LogP contribution in [0.2, 0.25) is 0 Å². The number of carbonyl (C=O) groups is 1. The Morgan fingerprint density at radius 1 is 1.39 bits per heavy atom. The third-order valence-electron chi connectivity index (χ3n) is 3.92. The van der Waals surface area contributed by atoms with Gasteiger partial charge in [0.2, 0.25) is 5.91 Å². The molecule has 3 N–H and O–H groups in total. The lowest BCUT2D eigenvalue weighted by molar-refractivity contribution is -0.133. The molecular formula is C13H21Cl2N7O. The van der Waals surface area contributed by atoms with Crippen molar-refractivity contribution in [3.8, 4) is 0 Å². The van der Waals surface area contributed by atoms with E-state index >= 15 is 0 Å². The molecule has 3 rings (SSSR count). The van der Waals surface area contributed by atoms with Gasteiger partial charge in [-0.05, 0) is 19.9 Å². The molecule has 0 aliphatic carbocycles. The molecule has 10 heteroatoms. The fourth-order valence-electron chi connectivity index (χ4n) is 2.70. The molecule has 0 radical (unpaired) electrons. The van der Waals surface area contributed by atoms with Crippen LogP contribution in [0.5, 0.6) is 0 Å². The van der Waals surface area contributed by atoms with Crippen LogP contribution in [0.25, 0.3) is 11.2 Å². The van der Waals surface area contributed by atoms with E-state index in [4.69, 9.17) is 5.73 Å². The van der Waals surface area contributed by atoms with E-state index in [0.717, 1.165) is 25.9 Å². The maximum Gasteiger partial charge on any atom is 0.242 e. The Bertz CT molecular complexity index is 663. The van der Waals surface area contributed by atoms with Crippen molar-refractivity contribution in [3.63, 3.8) is 0 Å². The van der Waals surface area contributed by atoms with E-state index in [-0.39, 0.29) is 37.3 Å². The second-order valence-electron chi connectivity index (χ2n) is 5.27. The van der Waals surface area contributed by atoms with Gasteiger partial charge in [0.25, 0.3) is 0 Å². The molecule has 1 atom stereocenters. The van der Waals surface area contributed by atoms with Gasteiger partial charge in [0, 0.05) is 19.1 Å². The minimum atomic E-state index is 0. The third-order valence-corrected chi connectivity index (χ3v) is 3.92. The number of anilines is 1. The topological polar surface area (TPSA) is 102 Å². The zero-order valence-corrected chi connectivity index (χ0v) is 14.4. The number of amides is 1. The zero-order valence-electron chi connectivity index (χ0n) is 12.8. The summed E-state index contributed by atoms with van der Waals surface area (Å²) in [6.07, 6.45) is 5.11. The summed E-state index contributed by atoms with van der Waals surface area (Å²) >= 11 is 0. The molecule has 1 unspecified atom stereocenters. The smallest absolute Gasteiger partial charge is 0.242 e. The zero-order chi connectivity index (χ0) is 14.8.